The van der Waals surface area contributed by atoms with Crippen molar-refractivity contribution in [3.8, 4) is 0 Å². The fourth-order valence-corrected chi connectivity index (χ4v) is 3.99. The Morgan fingerprint density at radius 1 is 1.00 bits per heavy atom. The third kappa shape index (κ3) is 5.11. The van der Waals surface area contributed by atoms with E-state index in [-0.39, 0.29) is 35.0 Å². The molecule has 0 N–H and O–H groups in total. The third-order valence-electron chi connectivity index (χ3n) is 3.88. The summed E-state index contributed by atoms with van der Waals surface area (Å²) in [6, 6.07) is 9.93. The molecule has 2 aromatic rings. The number of rotatable bonds is 9. The van der Waals surface area contributed by atoms with Gasteiger partial charge in [-0.2, -0.15) is 0 Å². The average Bonchev–Trinajstić information content (AvgIpc) is 2.72. The van der Waals surface area contributed by atoms with Gasteiger partial charge in [0, 0.05) is 12.1 Å². The molecule has 160 valence electrons. The van der Waals surface area contributed by atoms with Crippen LogP contribution in [0.4, 0.5) is 11.4 Å². The summed E-state index contributed by atoms with van der Waals surface area (Å²) in [4.78, 5) is 34.3. The fraction of sp³-hybridized carbons (Fsp3) is 0.263. The molecule has 10 nitrogen and oxygen atoms in total. The molecule has 0 fully saturated rings. The second-order valence-electron chi connectivity index (χ2n) is 5.81. The van der Waals surface area contributed by atoms with Gasteiger partial charge in [0.1, 0.15) is 6.54 Å². The number of sulfonamides is 1. The lowest BCUT2D eigenvalue weighted by atomic mass is 10.2. The first-order valence-electron chi connectivity index (χ1n) is 8.91. The van der Waals surface area contributed by atoms with Gasteiger partial charge in [-0.3, -0.25) is 19.2 Å². The quantitative estimate of drug-likeness (QED) is 0.333. The van der Waals surface area contributed by atoms with Gasteiger partial charge in [-0.25, -0.2) is 13.2 Å². The van der Waals surface area contributed by atoms with Gasteiger partial charge in [-0.15, -0.1) is 0 Å². The van der Waals surface area contributed by atoms with Gasteiger partial charge in [0.2, 0.25) is 0 Å². The Morgan fingerprint density at radius 2 is 1.60 bits per heavy atom. The van der Waals surface area contributed by atoms with E-state index >= 15 is 0 Å². The molecule has 0 saturated heterocycles. The smallest absolute Gasteiger partial charge is 0.340 e. The summed E-state index contributed by atoms with van der Waals surface area (Å²) in [7, 11) is -4.38. The van der Waals surface area contributed by atoms with Crippen LogP contribution in [-0.4, -0.2) is 45.0 Å². The minimum atomic E-state index is -4.38. The molecule has 0 amide bonds. The molecule has 0 heterocycles. The van der Waals surface area contributed by atoms with Crippen molar-refractivity contribution in [1.82, 2.24) is 0 Å². The minimum absolute atomic E-state index is 0.0315. The number of hydrogen-bond acceptors (Lipinski definition) is 8. The number of ether oxygens (including phenoxy) is 2. The highest BCUT2D eigenvalue weighted by atomic mass is 32.2. The SMILES string of the molecule is CCOC(=O)CN(c1ccccc1C(=O)OCC)S(=O)(=O)c1ccc([N+](=O)[O-])cc1. The van der Waals surface area contributed by atoms with Gasteiger partial charge in [-0.1, -0.05) is 12.1 Å². The molecule has 0 aliphatic heterocycles. The Bertz CT molecular complexity index is 1030. The van der Waals surface area contributed by atoms with Crippen LogP contribution in [0.5, 0.6) is 0 Å². The molecular weight excluding hydrogens is 416 g/mol. The molecule has 0 unspecified atom stereocenters. The number of nitro benzene ring substituents is 1. The maximum Gasteiger partial charge on any atom is 0.340 e. The van der Waals surface area contributed by atoms with E-state index in [1.54, 1.807) is 13.8 Å². The van der Waals surface area contributed by atoms with E-state index in [1.165, 1.54) is 24.3 Å². The van der Waals surface area contributed by atoms with Crippen LogP contribution in [0.3, 0.4) is 0 Å². The molecule has 0 radical (unpaired) electrons. The predicted octanol–water partition coefficient (Wildman–Crippen LogP) is 2.53. The topological polar surface area (TPSA) is 133 Å². The first kappa shape index (κ1) is 22.8. The lowest BCUT2D eigenvalue weighted by Gasteiger charge is -2.25. The second-order valence-corrected chi connectivity index (χ2v) is 7.67. The number of esters is 2. The molecule has 2 rings (SSSR count). The van der Waals surface area contributed by atoms with Crippen LogP contribution in [0, 0.1) is 10.1 Å². The highest BCUT2D eigenvalue weighted by Crippen LogP contribution is 2.28. The Labute approximate surface area is 173 Å². The van der Waals surface area contributed by atoms with Crippen molar-refractivity contribution >= 4 is 33.3 Å². The van der Waals surface area contributed by atoms with Crippen LogP contribution < -0.4 is 4.31 Å². The monoisotopic (exact) mass is 436 g/mol. The maximum atomic E-state index is 13.3. The van der Waals surface area contributed by atoms with Crippen molar-refractivity contribution in [3.63, 3.8) is 0 Å². The zero-order valence-electron chi connectivity index (χ0n) is 16.3. The Kier molecular flexibility index (Phi) is 7.48. The maximum absolute atomic E-state index is 13.3. The second kappa shape index (κ2) is 9.83. The highest BCUT2D eigenvalue weighted by Gasteiger charge is 2.31. The summed E-state index contributed by atoms with van der Waals surface area (Å²) in [6.45, 7) is 2.57. The van der Waals surface area contributed by atoms with E-state index < -0.39 is 33.4 Å². The van der Waals surface area contributed by atoms with Crippen LogP contribution >= 0.6 is 0 Å². The van der Waals surface area contributed by atoms with Crippen molar-refractivity contribution in [1.29, 1.82) is 0 Å². The van der Waals surface area contributed by atoms with E-state index in [1.807, 2.05) is 0 Å². The van der Waals surface area contributed by atoms with E-state index in [0.717, 1.165) is 28.6 Å². The number of benzene rings is 2. The molecule has 30 heavy (non-hydrogen) atoms. The van der Waals surface area contributed by atoms with Crippen LogP contribution in [-0.2, 0) is 24.3 Å². The normalized spacial score (nSPS) is 10.9. The lowest BCUT2D eigenvalue weighted by Crippen LogP contribution is -2.37. The Morgan fingerprint density at radius 3 is 2.17 bits per heavy atom. The summed E-state index contributed by atoms with van der Waals surface area (Å²) in [5.74, 6) is -1.59. The standard InChI is InChI=1S/C19H20N2O8S/c1-3-28-18(22)13-20(17-8-6-5-7-16(17)19(23)29-4-2)30(26,27)15-11-9-14(10-12-15)21(24)25/h5-12H,3-4,13H2,1-2H3. The number of non-ortho nitro benzene ring substituents is 1. The van der Waals surface area contributed by atoms with E-state index in [0.29, 0.717) is 0 Å². The van der Waals surface area contributed by atoms with E-state index in [4.69, 9.17) is 9.47 Å². The summed E-state index contributed by atoms with van der Waals surface area (Å²) in [6.07, 6.45) is 0. The van der Waals surface area contributed by atoms with Gasteiger partial charge in [0.05, 0.1) is 34.3 Å². The molecule has 0 aliphatic carbocycles. The number of carbonyl (C=O) groups excluding carboxylic acids is 2. The van der Waals surface area contributed by atoms with Crippen LogP contribution in [0.1, 0.15) is 24.2 Å². The molecule has 0 aromatic heterocycles. The highest BCUT2D eigenvalue weighted by molar-refractivity contribution is 7.92. The molecule has 0 saturated carbocycles. The number of nitro groups is 1. The molecule has 0 bridgehead atoms. The molecule has 11 heteroatoms. The first-order valence-corrected chi connectivity index (χ1v) is 10.3. The van der Waals surface area contributed by atoms with Crippen LogP contribution in [0.25, 0.3) is 0 Å². The minimum Gasteiger partial charge on any atom is -0.465 e. The van der Waals surface area contributed by atoms with Gasteiger partial charge in [-0.05, 0) is 38.1 Å². The van der Waals surface area contributed by atoms with E-state index in [9.17, 15) is 28.1 Å². The molecule has 0 atom stereocenters. The largest absolute Gasteiger partial charge is 0.465 e. The molecule has 0 aliphatic rings. The number of para-hydroxylation sites is 1. The molecule has 2 aromatic carbocycles. The lowest BCUT2D eigenvalue weighted by molar-refractivity contribution is -0.384. The average molecular weight is 436 g/mol. The Hall–Kier alpha value is -3.47. The van der Waals surface area contributed by atoms with Crippen molar-refractivity contribution < 1.29 is 32.4 Å². The summed E-state index contributed by atoms with van der Waals surface area (Å²) >= 11 is 0. The van der Waals surface area contributed by atoms with Gasteiger partial charge >= 0.3 is 11.9 Å². The number of hydrogen-bond donors (Lipinski definition) is 0. The first-order chi connectivity index (χ1) is 14.2. The van der Waals surface area contributed by atoms with Gasteiger partial charge < -0.3 is 9.47 Å². The zero-order valence-corrected chi connectivity index (χ0v) is 17.1. The Balaban J connectivity index is 2.59. The van der Waals surface area contributed by atoms with Gasteiger partial charge in [0.15, 0.2) is 0 Å². The number of nitrogens with zero attached hydrogens (tertiary/aromatic N) is 2. The summed E-state index contributed by atoms with van der Waals surface area (Å²) < 4.78 is 37.1. The summed E-state index contributed by atoms with van der Waals surface area (Å²) in [5, 5.41) is 10.8. The molecular formula is C19H20N2O8S. The van der Waals surface area contributed by atoms with E-state index in [2.05, 4.69) is 0 Å². The predicted molar refractivity (Wildman–Crippen MR) is 107 cm³/mol. The number of carbonyl (C=O) groups is 2. The summed E-state index contributed by atoms with van der Waals surface area (Å²) in [5.41, 5.74) is -0.436. The van der Waals surface area contributed by atoms with Crippen molar-refractivity contribution in [2.45, 2.75) is 18.7 Å². The van der Waals surface area contributed by atoms with Crippen molar-refractivity contribution in [2.75, 3.05) is 24.1 Å². The van der Waals surface area contributed by atoms with Gasteiger partial charge in [0.25, 0.3) is 15.7 Å². The number of anilines is 1. The van der Waals surface area contributed by atoms with Crippen molar-refractivity contribution in [3.05, 3.63) is 64.2 Å². The van der Waals surface area contributed by atoms with Crippen molar-refractivity contribution in [2.24, 2.45) is 0 Å². The van der Waals surface area contributed by atoms with Crippen LogP contribution in [0.2, 0.25) is 0 Å². The fourth-order valence-electron chi connectivity index (χ4n) is 2.56. The molecule has 0 spiro atoms. The van der Waals surface area contributed by atoms with Crippen LogP contribution in [0.15, 0.2) is 53.4 Å². The third-order valence-corrected chi connectivity index (χ3v) is 5.66. The zero-order chi connectivity index (χ0) is 22.3.